The molecule has 2 nitrogen and oxygen atoms in total. The van der Waals surface area contributed by atoms with Crippen LogP contribution in [0.25, 0.3) is 100 Å². The van der Waals surface area contributed by atoms with Gasteiger partial charge in [-0.05, 0) is 78.5 Å². The Kier molecular flexibility index (Phi) is 9.27. The molecule has 0 bridgehead atoms. The van der Waals surface area contributed by atoms with Crippen molar-refractivity contribution >= 4 is 10.8 Å². The number of hydrogen-bond donors (Lipinski definition) is 0. The van der Waals surface area contributed by atoms with Crippen LogP contribution in [0.2, 0.25) is 0 Å². The Morgan fingerprint density at radius 3 is 1.29 bits per heavy atom. The molecule has 0 saturated carbocycles. The van der Waals surface area contributed by atoms with Gasteiger partial charge in [-0.25, -0.2) is 9.97 Å². The molecule has 0 spiro atoms. The average molecular weight is 739 g/mol. The van der Waals surface area contributed by atoms with Gasteiger partial charge in [-0.3, -0.25) is 0 Å². The molecule has 0 radical (unpaired) electrons. The molecule has 10 aromatic rings. The molecule has 10 rings (SSSR count). The normalized spacial score (nSPS) is 11.1. The van der Waals surface area contributed by atoms with Crippen molar-refractivity contribution in [3.05, 3.63) is 231 Å². The topological polar surface area (TPSA) is 25.8 Å². The third-order valence-corrected chi connectivity index (χ3v) is 10.9. The molecule has 0 aliphatic rings. The van der Waals surface area contributed by atoms with Crippen molar-refractivity contribution in [1.82, 2.24) is 9.97 Å². The largest absolute Gasteiger partial charge is 0.228 e. The summed E-state index contributed by atoms with van der Waals surface area (Å²) >= 11 is 0. The number of nitrogens with zero attached hydrogens (tertiary/aromatic N) is 2. The van der Waals surface area contributed by atoms with E-state index in [-0.39, 0.29) is 0 Å². The van der Waals surface area contributed by atoms with E-state index in [2.05, 4.69) is 224 Å². The van der Waals surface area contributed by atoms with Crippen molar-refractivity contribution in [3.8, 4) is 89.5 Å². The predicted octanol–water partition coefficient (Wildman–Crippen LogP) is 15.0. The molecule has 2 heteroatoms. The molecule has 1 heterocycles. The van der Waals surface area contributed by atoms with E-state index in [0.29, 0.717) is 5.82 Å². The van der Waals surface area contributed by atoms with Crippen LogP contribution in [0.5, 0.6) is 0 Å². The third-order valence-electron chi connectivity index (χ3n) is 10.9. The first-order valence-corrected chi connectivity index (χ1v) is 19.8. The first kappa shape index (κ1) is 34.8. The zero-order chi connectivity index (χ0) is 38.7. The van der Waals surface area contributed by atoms with Gasteiger partial charge in [-0.2, -0.15) is 0 Å². The quantitative estimate of drug-likeness (QED) is 0.155. The fourth-order valence-corrected chi connectivity index (χ4v) is 8.27. The SMILES string of the molecule is c1ccc(-c2cc(-c3cccc4ccccc34)nc(-c3ccccc3-c3cc(-c4ccccc4)c(-c4ccccc4)c(-c4ccccc4)c3-c3ccccc3)n2)cc1. The van der Waals surface area contributed by atoms with Gasteiger partial charge >= 0.3 is 0 Å². The number of benzene rings is 9. The van der Waals surface area contributed by atoms with Gasteiger partial charge in [0, 0.05) is 16.7 Å². The van der Waals surface area contributed by atoms with Gasteiger partial charge in [0.15, 0.2) is 5.82 Å². The van der Waals surface area contributed by atoms with Crippen molar-refractivity contribution in [2.75, 3.05) is 0 Å². The highest BCUT2D eigenvalue weighted by atomic mass is 14.9. The lowest BCUT2D eigenvalue weighted by atomic mass is 9.78. The molecule has 0 amide bonds. The summed E-state index contributed by atoms with van der Waals surface area (Å²) in [6, 6.07) is 81.9. The van der Waals surface area contributed by atoms with Crippen molar-refractivity contribution in [3.63, 3.8) is 0 Å². The highest BCUT2D eigenvalue weighted by Gasteiger charge is 2.25. The average Bonchev–Trinajstić information content (AvgIpc) is 3.32. The molecule has 0 aliphatic heterocycles. The van der Waals surface area contributed by atoms with E-state index < -0.39 is 0 Å². The zero-order valence-corrected chi connectivity index (χ0v) is 31.8. The molecule has 58 heavy (non-hydrogen) atoms. The van der Waals surface area contributed by atoms with Gasteiger partial charge in [0.25, 0.3) is 0 Å². The van der Waals surface area contributed by atoms with Crippen LogP contribution in [-0.4, -0.2) is 9.97 Å². The van der Waals surface area contributed by atoms with E-state index in [1.54, 1.807) is 0 Å². The van der Waals surface area contributed by atoms with Crippen LogP contribution in [0.4, 0.5) is 0 Å². The summed E-state index contributed by atoms with van der Waals surface area (Å²) in [4.78, 5) is 10.8. The van der Waals surface area contributed by atoms with Crippen molar-refractivity contribution in [1.29, 1.82) is 0 Å². The molecule has 0 unspecified atom stereocenters. The first-order chi connectivity index (χ1) is 28.8. The predicted molar refractivity (Wildman–Crippen MR) is 243 cm³/mol. The molecule has 0 fully saturated rings. The number of hydrogen-bond acceptors (Lipinski definition) is 2. The molecule has 0 aliphatic carbocycles. The highest BCUT2D eigenvalue weighted by molar-refractivity contribution is 6.08. The fraction of sp³-hybridized carbons (Fsp3) is 0. The van der Waals surface area contributed by atoms with Gasteiger partial charge in [0.1, 0.15) is 0 Å². The fourth-order valence-electron chi connectivity index (χ4n) is 8.27. The molecule has 9 aromatic carbocycles. The Labute approximate surface area is 339 Å². The maximum absolute atomic E-state index is 5.45. The molecular weight excluding hydrogens is 701 g/mol. The third kappa shape index (κ3) is 6.57. The summed E-state index contributed by atoms with van der Waals surface area (Å²) in [5.74, 6) is 0.675. The van der Waals surface area contributed by atoms with Gasteiger partial charge < -0.3 is 0 Å². The first-order valence-electron chi connectivity index (χ1n) is 19.8. The summed E-state index contributed by atoms with van der Waals surface area (Å²) in [6.45, 7) is 0. The second kappa shape index (κ2) is 15.5. The molecule has 0 atom stereocenters. The van der Waals surface area contributed by atoms with Crippen molar-refractivity contribution < 1.29 is 0 Å². The van der Waals surface area contributed by atoms with E-state index in [9.17, 15) is 0 Å². The lowest BCUT2D eigenvalue weighted by Gasteiger charge is -2.25. The van der Waals surface area contributed by atoms with Crippen molar-refractivity contribution in [2.45, 2.75) is 0 Å². The van der Waals surface area contributed by atoms with Crippen molar-refractivity contribution in [2.24, 2.45) is 0 Å². The van der Waals surface area contributed by atoms with E-state index in [0.717, 1.165) is 78.0 Å². The van der Waals surface area contributed by atoms with Crippen LogP contribution in [0, 0.1) is 0 Å². The molecule has 0 saturated heterocycles. The summed E-state index contributed by atoms with van der Waals surface area (Å²) in [6.07, 6.45) is 0. The maximum Gasteiger partial charge on any atom is 0.161 e. The van der Waals surface area contributed by atoms with Crippen LogP contribution >= 0.6 is 0 Å². The Morgan fingerprint density at radius 2 is 0.672 bits per heavy atom. The highest BCUT2D eigenvalue weighted by Crippen LogP contribution is 2.51. The standard InChI is InChI=1S/C56H38N2/c1-6-21-40(22-7-1)49-37-50(54(43-28-12-4-13-29-43)55(44-30-14-5-15-31-44)53(49)42-26-10-3-11-27-42)46-34-18-19-35-48(46)56-57-51(41-24-8-2-9-25-41)38-52(58-56)47-36-20-32-39-23-16-17-33-45(39)47/h1-38H. The number of aromatic nitrogens is 2. The Morgan fingerprint density at radius 1 is 0.241 bits per heavy atom. The monoisotopic (exact) mass is 738 g/mol. The van der Waals surface area contributed by atoms with Crippen LogP contribution in [0.15, 0.2) is 231 Å². The summed E-state index contributed by atoms with van der Waals surface area (Å²) in [7, 11) is 0. The summed E-state index contributed by atoms with van der Waals surface area (Å²) < 4.78 is 0. The summed E-state index contributed by atoms with van der Waals surface area (Å²) in [5.41, 5.74) is 16.3. The molecule has 272 valence electrons. The second-order valence-electron chi connectivity index (χ2n) is 14.5. The minimum Gasteiger partial charge on any atom is -0.228 e. The smallest absolute Gasteiger partial charge is 0.161 e. The van der Waals surface area contributed by atoms with Crippen LogP contribution < -0.4 is 0 Å². The zero-order valence-electron chi connectivity index (χ0n) is 31.8. The van der Waals surface area contributed by atoms with E-state index in [4.69, 9.17) is 9.97 Å². The number of fused-ring (bicyclic) bond motifs is 1. The minimum atomic E-state index is 0.675. The van der Waals surface area contributed by atoms with Gasteiger partial charge in [-0.1, -0.05) is 218 Å². The minimum absolute atomic E-state index is 0.675. The van der Waals surface area contributed by atoms with E-state index in [1.165, 1.54) is 16.5 Å². The molecular formula is C56H38N2. The molecule has 0 N–H and O–H groups in total. The second-order valence-corrected chi connectivity index (χ2v) is 14.5. The Balaban J connectivity index is 1.32. The lowest BCUT2D eigenvalue weighted by molar-refractivity contribution is 1.19. The number of rotatable bonds is 8. The van der Waals surface area contributed by atoms with Gasteiger partial charge in [0.05, 0.1) is 11.4 Å². The van der Waals surface area contributed by atoms with Crippen LogP contribution in [0.3, 0.4) is 0 Å². The van der Waals surface area contributed by atoms with E-state index >= 15 is 0 Å². The van der Waals surface area contributed by atoms with Crippen LogP contribution in [-0.2, 0) is 0 Å². The Hall–Kier alpha value is -7.68. The maximum atomic E-state index is 5.45. The van der Waals surface area contributed by atoms with Crippen LogP contribution in [0.1, 0.15) is 0 Å². The Bertz CT molecular complexity index is 3010. The molecule has 1 aromatic heterocycles. The van der Waals surface area contributed by atoms with Gasteiger partial charge in [-0.15, -0.1) is 0 Å². The van der Waals surface area contributed by atoms with Gasteiger partial charge in [0.2, 0.25) is 0 Å². The summed E-state index contributed by atoms with van der Waals surface area (Å²) in [5, 5.41) is 2.33. The lowest BCUT2D eigenvalue weighted by Crippen LogP contribution is -2.01. The van der Waals surface area contributed by atoms with E-state index in [1.807, 2.05) is 6.07 Å².